The first kappa shape index (κ1) is 32.3. The Morgan fingerprint density at radius 3 is 2.55 bits per heavy atom. The maximum absolute atomic E-state index is 14.0. The van der Waals surface area contributed by atoms with Gasteiger partial charge >= 0.3 is 0 Å². The lowest BCUT2D eigenvalue weighted by molar-refractivity contribution is -0.124. The van der Waals surface area contributed by atoms with Crippen LogP contribution in [-0.2, 0) is 24.3 Å². The van der Waals surface area contributed by atoms with Gasteiger partial charge < -0.3 is 21.4 Å². The zero-order valence-electron chi connectivity index (χ0n) is 26.9. The molecule has 1 aromatic heterocycles. The van der Waals surface area contributed by atoms with Crippen LogP contribution in [0.15, 0.2) is 103 Å². The highest BCUT2D eigenvalue weighted by Crippen LogP contribution is 2.30. The van der Waals surface area contributed by atoms with Gasteiger partial charge in [-0.1, -0.05) is 91.0 Å². The molecule has 0 aliphatic heterocycles. The Morgan fingerprint density at radius 1 is 0.936 bits per heavy atom. The van der Waals surface area contributed by atoms with Gasteiger partial charge in [0.1, 0.15) is 11.7 Å². The van der Waals surface area contributed by atoms with Crippen LogP contribution in [0.4, 0.5) is 0 Å². The zero-order valence-corrected chi connectivity index (χ0v) is 26.9. The van der Waals surface area contributed by atoms with E-state index in [1.807, 2.05) is 55.5 Å². The van der Waals surface area contributed by atoms with Crippen LogP contribution in [0, 0.1) is 5.92 Å². The topological polar surface area (TPSA) is 125 Å². The Bertz CT molecular complexity index is 1780. The average molecular weight is 629 g/mol. The van der Waals surface area contributed by atoms with Gasteiger partial charge in [0.05, 0.1) is 18.8 Å². The monoisotopic (exact) mass is 628 g/mol. The number of aryl methyl sites for hydroxylation is 1. The quantitative estimate of drug-likeness (QED) is 0.0562. The first-order chi connectivity index (χ1) is 23.0. The third kappa shape index (κ3) is 8.03. The SMILES string of the molecule is C[C@H](NC(=O)[C@@H](CCC(N)NC1CCCc2ccccc21)C(=O)c1ccc(CNCc2ncc[nH]2)cc1)c1cccc2ccccc12. The van der Waals surface area contributed by atoms with E-state index in [4.69, 9.17) is 5.73 Å². The van der Waals surface area contributed by atoms with Crippen molar-refractivity contribution < 1.29 is 9.59 Å². The van der Waals surface area contributed by atoms with Crippen LogP contribution < -0.4 is 21.7 Å². The summed E-state index contributed by atoms with van der Waals surface area (Å²) in [4.78, 5) is 35.3. The molecular weight excluding hydrogens is 584 g/mol. The lowest BCUT2D eigenvalue weighted by Crippen LogP contribution is -2.43. The van der Waals surface area contributed by atoms with E-state index in [1.54, 1.807) is 12.4 Å². The van der Waals surface area contributed by atoms with Gasteiger partial charge in [-0.15, -0.1) is 0 Å². The summed E-state index contributed by atoms with van der Waals surface area (Å²) in [7, 11) is 0. The Kier molecular flexibility index (Phi) is 10.5. The minimum absolute atomic E-state index is 0.165. The van der Waals surface area contributed by atoms with E-state index in [-0.39, 0.29) is 29.9 Å². The molecule has 242 valence electrons. The molecule has 0 bridgehead atoms. The van der Waals surface area contributed by atoms with Crippen molar-refractivity contribution in [2.45, 2.75) is 70.4 Å². The highest BCUT2D eigenvalue weighted by Gasteiger charge is 2.30. The van der Waals surface area contributed by atoms with E-state index < -0.39 is 5.92 Å². The smallest absolute Gasteiger partial charge is 0.231 e. The van der Waals surface area contributed by atoms with Gasteiger partial charge in [-0.3, -0.25) is 14.9 Å². The minimum atomic E-state index is -0.873. The van der Waals surface area contributed by atoms with Crippen molar-refractivity contribution in [2.24, 2.45) is 11.7 Å². The highest BCUT2D eigenvalue weighted by molar-refractivity contribution is 6.10. The molecule has 0 saturated heterocycles. The van der Waals surface area contributed by atoms with Crippen molar-refractivity contribution in [1.29, 1.82) is 0 Å². The van der Waals surface area contributed by atoms with Gasteiger partial charge in [0, 0.05) is 30.5 Å². The molecule has 8 heteroatoms. The maximum atomic E-state index is 14.0. The van der Waals surface area contributed by atoms with Crippen LogP contribution in [0.2, 0.25) is 0 Å². The van der Waals surface area contributed by atoms with Crippen molar-refractivity contribution in [3.63, 3.8) is 0 Å². The second-order valence-corrected chi connectivity index (χ2v) is 12.5. The number of carbonyl (C=O) groups excluding carboxylic acids is 2. The van der Waals surface area contributed by atoms with Gasteiger partial charge in [-0.2, -0.15) is 0 Å². The van der Waals surface area contributed by atoms with E-state index in [1.165, 1.54) is 11.1 Å². The first-order valence-electron chi connectivity index (χ1n) is 16.7. The number of hydrogen-bond donors (Lipinski definition) is 5. The predicted molar refractivity (Wildman–Crippen MR) is 186 cm³/mol. The second kappa shape index (κ2) is 15.3. The number of fused-ring (bicyclic) bond motifs is 2. The van der Waals surface area contributed by atoms with E-state index in [0.29, 0.717) is 31.5 Å². The summed E-state index contributed by atoms with van der Waals surface area (Å²) in [5.74, 6) is -0.488. The predicted octanol–water partition coefficient (Wildman–Crippen LogP) is 6.26. The van der Waals surface area contributed by atoms with Crippen LogP contribution in [0.5, 0.6) is 0 Å². The molecule has 1 amide bonds. The number of nitrogens with zero attached hydrogens (tertiary/aromatic N) is 1. The third-order valence-electron chi connectivity index (χ3n) is 9.25. The van der Waals surface area contributed by atoms with Gasteiger partial charge in [0.25, 0.3) is 0 Å². The number of rotatable bonds is 14. The molecule has 2 unspecified atom stereocenters. The fourth-order valence-corrected chi connectivity index (χ4v) is 6.72. The van der Waals surface area contributed by atoms with Gasteiger partial charge in [-0.25, -0.2) is 4.98 Å². The molecule has 8 nitrogen and oxygen atoms in total. The molecule has 0 saturated carbocycles. The fraction of sp³-hybridized carbons (Fsp3) is 0.308. The number of H-pyrrole nitrogens is 1. The largest absolute Gasteiger partial charge is 0.349 e. The van der Waals surface area contributed by atoms with Crippen molar-refractivity contribution >= 4 is 22.5 Å². The molecule has 6 rings (SSSR count). The number of aromatic amines is 1. The van der Waals surface area contributed by atoms with Gasteiger partial charge in [0.15, 0.2) is 5.78 Å². The molecule has 5 aromatic rings. The molecule has 0 spiro atoms. The Morgan fingerprint density at radius 2 is 1.72 bits per heavy atom. The lowest BCUT2D eigenvalue weighted by Gasteiger charge is -2.29. The van der Waals surface area contributed by atoms with E-state index in [9.17, 15) is 9.59 Å². The number of carbonyl (C=O) groups is 2. The number of benzene rings is 4. The fourth-order valence-electron chi connectivity index (χ4n) is 6.72. The summed E-state index contributed by atoms with van der Waals surface area (Å²) in [6.45, 7) is 3.22. The highest BCUT2D eigenvalue weighted by atomic mass is 16.2. The summed E-state index contributed by atoms with van der Waals surface area (Å²) >= 11 is 0. The molecule has 4 atom stereocenters. The lowest BCUT2D eigenvalue weighted by atomic mass is 9.87. The Labute approximate surface area is 276 Å². The molecule has 1 aliphatic carbocycles. The molecule has 0 fully saturated rings. The molecule has 47 heavy (non-hydrogen) atoms. The summed E-state index contributed by atoms with van der Waals surface area (Å²) in [6, 6.07) is 30.1. The molecule has 1 heterocycles. The van der Waals surface area contributed by atoms with Crippen molar-refractivity contribution in [2.75, 3.05) is 0 Å². The van der Waals surface area contributed by atoms with Crippen LogP contribution >= 0.6 is 0 Å². The summed E-state index contributed by atoms with van der Waals surface area (Å²) in [6.07, 6.45) is 7.18. The van der Waals surface area contributed by atoms with Gasteiger partial charge in [0.2, 0.25) is 5.91 Å². The molecular formula is C39H44N6O2. The number of hydrogen-bond acceptors (Lipinski definition) is 6. The number of nitrogens with one attached hydrogen (secondary N) is 4. The standard InChI is InChI=1S/C39H44N6O2/c1-26(31-14-6-10-28-8-2-4-12-32(28)31)44-39(47)34(20-21-36(40)45-35-15-7-11-29-9-3-5-13-33(29)35)38(46)30-18-16-27(17-19-30)24-41-25-37-42-22-23-43-37/h2-6,8-10,12-14,16-19,22-23,26,34-36,41,45H,7,11,15,20-21,24-25,40H2,1H3,(H,42,43)(H,44,47)/t26-,34-,35?,36?/m0/s1. The van der Waals surface area contributed by atoms with E-state index in [2.05, 4.69) is 68.4 Å². The maximum Gasteiger partial charge on any atom is 0.231 e. The number of Topliss-reactive ketones (excluding diaryl/α,β-unsaturated/α-hetero) is 1. The number of aromatic nitrogens is 2. The summed E-state index contributed by atoms with van der Waals surface area (Å²) < 4.78 is 0. The molecule has 4 aromatic carbocycles. The molecule has 6 N–H and O–H groups in total. The number of amides is 1. The number of nitrogens with two attached hydrogens (primary N) is 1. The van der Waals surface area contributed by atoms with Crippen LogP contribution in [0.25, 0.3) is 10.8 Å². The normalized spacial score (nSPS) is 16.3. The third-order valence-corrected chi connectivity index (χ3v) is 9.25. The first-order valence-corrected chi connectivity index (χ1v) is 16.7. The Balaban J connectivity index is 1.15. The number of imidazole rings is 1. The minimum Gasteiger partial charge on any atom is -0.349 e. The molecule has 1 aliphatic rings. The van der Waals surface area contributed by atoms with E-state index >= 15 is 0 Å². The van der Waals surface area contributed by atoms with Crippen molar-refractivity contribution in [1.82, 2.24) is 25.9 Å². The zero-order chi connectivity index (χ0) is 32.6. The summed E-state index contributed by atoms with van der Waals surface area (Å²) in [5, 5.41) is 12.3. The van der Waals surface area contributed by atoms with Crippen LogP contribution in [-0.4, -0.2) is 27.8 Å². The van der Waals surface area contributed by atoms with Crippen molar-refractivity contribution in [3.8, 4) is 0 Å². The van der Waals surface area contributed by atoms with Crippen LogP contribution in [0.3, 0.4) is 0 Å². The Hall–Kier alpha value is -4.63. The second-order valence-electron chi connectivity index (χ2n) is 12.5. The summed E-state index contributed by atoms with van der Waals surface area (Å²) in [5.41, 5.74) is 11.9. The van der Waals surface area contributed by atoms with Gasteiger partial charge in [-0.05, 0) is 72.1 Å². The average Bonchev–Trinajstić information content (AvgIpc) is 3.62. The molecule has 0 radical (unpaired) electrons. The number of ketones is 1. The van der Waals surface area contributed by atoms with Crippen LogP contribution in [0.1, 0.15) is 83.1 Å². The van der Waals surface area contributed by atoms with Crippen molar-refractivity contribution in [3.05, 3.63) is 137 Å². The van der Waals surface area contributed by atoms with E-state index in [0.717, 1.165) is 47.0 Å².